The van der Waals surface area contributed by atoms with Crippen LogP contribution in [-0.2, 0) is 6.54 Å². The van der Waals surface area contributed by atoms with Crippen molar-refractivity contribution in [3.63, 3.8) is 0 Å². The fraction of sp³-hybridized carbons (Fsp3) is 0.167. The van der Waals surface area contributed by atoms with E-state index >= 15 is 0 Å². The zero-order chi connectivity index (χ0) is 18.0. The number of halogens is 2. The number of aromatic nitrogens is 2. The van der Waals surface area contributed by atoms with Gasteiger partial charge in [-0.1, -0.05) is 54.4 Å². The average molecular weight is 376 g/mol. The molecule has 0 aliphatic carbocycles. The van der Waals surface area contributed by atoms with Crippen molar-refractivity contribution in [2.24, 2.45) is 0 Å². The van der Waals surface area contributed by atoms with Gasteiger partial charge in [0.25, 0.3) is 11.5 Å². The Labute approximate surface area is 154 Å². The lowest BCUT2D eigenvalue weighted by Gasteiger charge is -2.12. The van der Waals surface area contributed by atoms with E-state index in [1.807, 2.05) is 6.92 Å². The summed E-state index contributed by atoms with van der Waals surface area (Å²) in [5.74, 6) is -0.454. The molecule has 0 saturated carbocycles. The first-order valence-electron chi connectivity index (χ1n) is 7.78. The van der Waals surface area contributed by atoms with Gasteiger partial charge in [-0.05, 0) is 24.6 Å². The van der Waals surface area contributed by atoms with E-state index in [4.69, 9.17) is 23.2 Å². The molecule has 0 unspecified atom stereocenters. The maximum atomic E-state index is 12.8. The molecule has 5 nitrogen and oxygen atoms in total. The van der Waals surface area contributed by atoms with Crippen molar-refractivity contribution in [3.8, 4) is 0 Å². The molecule has 0 aliphatic rings. The lowest BCUT2D eigenvalue weighted by Crippen LogP contribution is -2.27. The van der Waals surface area contributed by atoms with Gasteiger partial charge in [0.1, 0.15) is 0 Å². The van der Waals surface area contributed by atoms with Gasteiger partial charge in [0.05, 0.1) is 21.1 Å². The molecule has 1 heterocycles. The number of amides is 1. The van der Waals surface area contributed by atoms with Crippen LogP contribution in [0, 0.1) is 0 Å². The highest BCUT2D eigenvalue weighted by Crippen LogP contribution is 2.30. The minimum absolute atomic E-state index is 0.166. The predicted octanol–water partition coefficient (Wildman–Crippen LogP) is 4.37. The fourth-order valence-corrected chi connectivity index (χ4v) is 2.90. The highest BCUT2D eigenvalue weighted by molar-refractivity contribution is 6.44. The summed E-state index contributed by atoms with van der Waals surface area (Å²) >= 11 is 12.1. The summed E-state index contributed by atoms with van der Waals surface area (Å²) in [6, 6.07) is 11.9. The van der Waals surface area contributed by atoms with E-state index in [9.17, 15) is 9.59 Å². The van der Waals surface area contributed by atoms with Crippen molar-refractivity contribution >= 4 is 45.6 Å². The van der Waals surface area contributed by atoms with Crippen LogP contribution in [0.15, 0.2) is 47.3 Å². The SMILES string of the molecule is CCCn1nc(C(=O)Nc2cccc(Cl)c2Cl)c2ccccc2c1=O. The van der Waals surface area contributed by atoms with E-state index in [-0.39, 0.29) is 16.3 Å². The largest absolute Gasteiger partial charge is 0.319 e. The van der Waals surface area contributed by atoms with Gasteiger partial charge in [0.2, 0.25) is 0 Å². The van der Waals surface area contributed by atoms with Crippen molar-refractivity contribution in [1.29, 1.82) is 0 Å². The molecule has 1 amide bonds. The Hall–Kier alpha value is -2.37. The molecule has 7 heteroatoms. The molecule has 128 valence electrons. The second-order valence-corrected chi connectivity index (χ2v) is 6.26. The Kier molecular flexibility index (Phi) is 5.06. The molecule has 0 bridgehead atoms. The summed E-state index contributed by atoms with van der Waals surface area (Å²) in [4.78, 5) is 25.2. The van der Waals surface area contributed by atoms with Crippen LogP contribution in [0.4, 0.5) is 5.69 Å². The third-order valence-corrected chi connectivity index (χ3v) is 4.54. The number of carbonyl (C=O) groups excluding carboxylic acids is 1. The highest BCUT2D eigenvalue weighted by atomic mass is 35.5. The standard InChI is InChI=1S/C18H15Cl2N3O2/c1-2-10-23-18(25)12-7-4-3-6-11(12)16(22-23)17(24)21-14-9-5-8-13(19)15(14)20/h3-9H,2,10H2,1H3,(H,21,24). The van der Waals surface area contributed by atoms with Crippen LogP contribution < -0.4 is 10.9 Å². The van der Waals surface area contributed by atoms with E-state index in [1.54, 1.807) is 42.5 Å². The van der Waals surface area contributed by atoms with Crippen LogP contribution in [0.25, 0.3) is 10.8 Å². The van der Waals surface area contributed by atoms with Crippen LogP contribution in [-0.4, -0.2) is 15.7 Å². The summed E-state index contributed by atoms with van der Waals surface area (Å²) < 4.78 is 1.32. The van der Waals surface area contributed by atoms with E-state index in [1.165, 1.54) is 4.68 Å². The maximum absolute atomic E-state index is 12.8. The number of hydrogen-bond acceptors (Lipinski definition) is 3. The van der Waals surface area contributed by atoms with Gasteiger partial charge < -0.3 is 5.32 Å². The van der Waals surface area contributed by atoms with Crippen LogP contribution in [0.1, 0.15) is 23.8 Å². The highest BCUT2D eigenvalue weighted by Gasteiger charge is 2.18. The Morgan fingerprint density at radius 1 is 1.12 bits per heavy atom. The number of benzene rings is 2. The van der Waals surface area contributed by atoms with Crippen LogP contribution in [0.3, 0.4) is 0 Å². The molecule has 3 aromatic rings. The number of nitrogens with one attached hydrogen (secondary N) is 1. The molecule has 0 saturated heterocycles. The molecule has 0 atom stereocenters. The molecule has 1 N–H and O–H groups in total. The fourth-order valence-electron chi connectivity index (χ4n) is 2.55. The van der Waals surface area contributed by atoms with Crippen molar-refractivity contribution in [2.75, 3.05) is 5.32 Å². The molecule has 3 rings (SSSR count). The van der Waals surface area contributed by atoms with Crippen molar-refractivity contribution < 1.29 is 4.79 Å². The molecule has 25 heavy (non-hydrogen) atoms. The number of rotatable bonds is 4. The monoisotopic (exact) mass is 375 g/mol. The van der Waals surface area contributed by atoms with Gasteiger partial charge in [0.15, 0.2) is 5.69 Å². The van der Waals surface area contributed by atoms with E-state index in [2.05, 4.69) is 10.4 Å². The van der Waals surface area contributed by atoms with Gasteiger partial charge >= 0.3 is 0 Å². The number of carbonyl (C=O) groups is 1. The third kappa shape index (κ3) is 3.38. The first-order chi connectivity index (χ1) is 12.0. The summed E-state index contributed by atoms with van der Waals surface area (Å²) in [5.41, 5.74) is 0.341. The normalized spacial score (nSPS) is 10.8. The predicted molar refractivity (Wildman–Crippen MR) is 101 cm³/mol. The van der Waals surface area contributed by atoms with E-state index in [0.29, 0.717) is 28.0 Å². The Balaban J connectivity index is 2.11. The van der Waals surface area contributed by atoms with Gasteiger partial charge in [-0.15, -0.1) is 0 Å². The lowest BCUT2D eigenvalue weighted by atomic mass is 10.1. The minimum Gasteiger partial charge on any atom is -0.319 e. The van der Waals surface area contributed by atoms with Gasteiger partial charge in [-0.2, -0.15) is 5.10 Å². The smallest absolute Gasteiger partial charge is 0.276 e. The van der Waals surface area contributed by atoms with Gasteiger partial charge in [0, 0.05) is 11.9 Å². The van der Waals surface area contributed by atoms with Crippen molar-refractivity contribution in [3.05, 3.63) is 68.6 Å². The number of fused-ring (bicyclic) bond motifs is 1. The molecule has 0 spiro atoms. The first kappa shape index (κ1) is 17.5. The summed E-state index contributed by atoms with van der Waals surface area (Å²) in [6.07, 6.45) is 0.729. The molecule has 0 radical (unpaired) electrons. The van der Waals surface area contributed by atoms with Crippen LogP contribution in [0.5, 0.6) is 0 Å². The lowest BCUT2D eigenvalue weighted by molar-refractivity contribution is 0.102. The topological polar surface area (TPSA) is 64.0 Å². The maximum Gasteiger partial charge on any atom is 0.276 e. The van der Waals surface area contributed by atoms with E-state index in [0.717, 1.165) is 6.42 Å². The van der Waals surface area contributed by atoms with Gasteiger partial charge in [-0.3, -0.25) is 9.59 Å². The Morgan fingerprint density at radius 3 is 2.56 bits per heavy atom. The quantitative estimate of drug-likeness (QED) is 0.736. The molecule has 0 fully saturated rings. The second-order valence-electron chi connectivity index (χ2n) is 5.48. The minimum atomic E-state index is -0.454. The second kappa shape index (κ2) is 7.25. The Morgan fingerprint density at radius 2 is 1.84 bits per heavy atom. The molecule has 0 aliphatic heterocycles. The van der Waals surface area contributed by atoms with Crippen LogP contribution >= 0.6 is 23.2 Å². The molecular weight excluding hydrogens is 361 g/mol. The number of nitrogens with zero attached hydrogens (tertiary/aromatic N) is 2. The first-order valence-corrected chi connectivity index (χ1v) is 8.53. The van der Waals surface area contributed by atoms with Crippen LogP contribution in [0.2, 0.25) is 10.0 Å². The molecular formula is C18H15Cl2N3O2. The summed E-state index contributed by atoms with van der Waals surface area (Å²) in [6.45, 7) is 2.37. The molecule has 2 aromatic carbocycles. The number of hydrogen-bond donors (Lipinski definition) is 1. The third-order valence-electron chi connectivity index (χ3n) is 3.72. The summed E-state index contributed by atoms with van der Waals surface area (Å²) in [7, 11) is 0. The molecule has 1 aromatic heterocycles. The number of anilines is 1. The zero-order valence-corrected chi connectivity index (χ0v) is 14.9. The van der Waals surface area contributed by atoms with E-state index < -0.39 is 5.91 Å². The van der Waals surface area contributed by atoms with Crippen molar-refractivity contribution in [2.45, 2.75) is 19.9 Å². The number of aryl methyl sites for hydroxylation is 1. The average Bonchev–Trinajstić information content (AvgIpc) is 2.61. The summed E-state index contributed by atoms with van der Waals surface area (Å²) in [5, 5.41) is 8.51. The van der Waals surface area contributed by atoms with Crippen molar-refractivity contribution in [1.82, 2.24) is 9.78 Å². The Bertz CT molecular complexity index is 1010. The zero-order valence-electron chi connectivity index (χ0n) is 13.4. The van der Waals surface area contributed by atoms with Gasteiger partial charge in [-0.25, -0.2) is 4.68 Å².